The number of hydrogen-bond acceptors (Lipinski definition) is 7. The number of pyridine rings is 1. The summed E-state index contributed by atoms with van der Waals surface area (Å²) >= 11 is 0. The fourth-order valence-corrected chi connectivity index (χ4v) is 4.71. The van der Waals surface area contributed by atoms with E-state index in [1.54, 1.807) is 36.7 Å². The molecule has 1 N–H and O–H groups in total. The van der Waals surface area contributed by atoms with Crippen LogP contribution in [0, 0.1) is 0 Å². The molecule has 1 aromatic heterocycles. The number of benzene rings is 2. The van der Waals surface area contributed by atoms with Gasteiger partial charge in [-0.2, -0.15) is 0 Å². The lowest BCUT2D eigenvalue weighted by Crippen LogP contribution is -2.29. The highest BCUT2D eigenvalue weighted by Gasteiger charge is 2.46. The SMILES string of the molecule is CCCCCOc1ccc(C2/C(=C(/O)c3ccc4c(c3)OCCO4)C(=O)C(=O)N2Cc2cccnc2)cc1. The third-order valence-electron chi connectivity index (χ3n) is 6.64. The van der Waals surface area contributed by atoms with Crippen molar-refractivity contribution in [3.05, 3.63) is 89.3 Å². The zero-order chi connectivity index (χ0) is 26.5. The van der Waals surface area contributed by atoms with Crippen LogP contribution < -0.4 is 14.2 Å². The Balaban J connectivity index is 1.53. The molecule has 3 heterocycles. The number of ether oxygens (including phenoxy) is 3. The van der Waals surface area contributed by atoms with Gasteiger partial charge in [0.15, 0.2) is 11.5 Å². The molecule has 0 aliphatic carbocycles. The van der Waals surface area contributed by atoms with Crippen molar-refractivity contribution in [3.63, 3.8) is 0 Å². The molecule has 5 rings (SSSR count). The normalized spacial score (nSPS) is 18.0. The van der Waals surface area contributed by atoms with Crippen molar-refractivity contribution in [3.8, 4) is 17.2 Å². The highest BCUT2D eigenvalue weighted by Crippen LogP contribution is 2.42. The Morgan fingerprint density at radius 2 is 1.84 bits per heavy atom. The van der Waals surface area contributed by atoms with E-state index in [1.807, 2.05) is 30.3 Å². The minimum atomic E-state index is -0.794. The van der Waals surface area contributed by atoms with Crippen molar-refractivity contribution in [1.29, 1.82) is 0 Å². The van der Waals surface area contributed by atoms with Crippen molar-refractivity contribution in [2.24, 2.45) is 0 Å². The van der Waals surface area contributed by atoms with Crippen LogP contribution in [0.15, 0.2) is 72.6 Å². The molecule has 196 valence electrons. The number of Topliss-reactive ketones (excluding diaryl/α,β-unsaturated/α-hetero) is 1. The van der Waals surface area contributed by atoms with Gasteiger partial charge >= 0.3 is 0 Å². The van der Waals surface area contributed by atoms with Crippen molar-refractivity contribution < 1.29 is 28.9 Å². The number of unbranched alkanes of at least 4 members (excludes halogenated alkanes) is 2. The molecule has 0 radical (unpaired) electrons. The number of fused-ring (bicyclic) bond motifs is 1. The molecule has 0 spiro atoms. The Morgan fingerprint density at radius 3 is 2.58 bits per heavy atom. The molecule has 0 bridgehead atoms. The molecule has 2 aliphatic rings. The quantitative estimate of drug-likeness (QED) is 0.185. The molecule has 8 heteroatoms. The number of rotatable bonds is 9. The fourth-order valence-electron chi connectivity index (χ4n) is 4.71. The number of aliphatic hydroxyl groups excluding tert-OH is 1. The van der Waals surface area contributed by atoms with Gasteiger partial charge in [-0.15, -0.1) is 0 Å². The minimum Gasteiger partial charge on any atom is -0.507 e. The first-order valence-corrected chi connectivity index (χ1v) is 12.9. The van der Waals surface area contributed by atoms with E-state index in [0.29, 0.717) is 48.2 Å². The van der Waals surface area contributed by atoms with E-state index in [1.165, 1.54) is 4.90 Å². The zero-order valence-corrected chi connectivity index (χ0v) is 21.3. The molecule has 0 saturated carbocycles. The van der Waals surface area contributed by atoms with Crippen LogP contribution in [0.5, 0.6) is 17.2 Å². The maximum Gasteiger partial charge on any atom is 0.295 e. The number of ketones is 1. The Kier molecular flexibility index (Phi) is 7.58. The number of carbonyl (C=O) groups excluding carboxylic acids is 2. The van der Waals surface area contributed by atoms with E-state index < -0.39 is 17.7 Å². The van der Waals surface area contributed by atoms with Gasteiger partial charge < -0.3 is 24.2 Å². The molecule has 2 aliphatic heterocycles. The lowest BCUT2D eigenvalue weighted by atomic mass is 9.95. The summed E-state index contributed by atoms with van der Waals surface area (Å²) in [7, 11) is 0. The van der Waals surface area contributed by atoms with Crippen molar-refractivity contribution in [2.45, 2.75) is 38.8 Å². The Labute approximate surface area is 221 Å². The van der Waals surface area contributed by atoms with Gasteiger partial charge in [-0.3, -0.25) is 14.6 Å². The average molecular weight is 515 g/mol. The molecule has 1 fully saturated rings. The lowest BCUT2D eigenvalue weighted by Gasteiger charge is -2.25. The van der Waals surface area contributed by atoms with Crippen molar-refractivity contribution in [2.75, 3.05) is 19.8 Å². The fraction of sp³-hybridized carbons (Fsp3) is 0.300. The summed E-state index contributed by atoms with van der Waals surface area (Å²) in [5, 5.41) is 11.4. The van der Waals surface area contributed by atoms with E-state index in [0.717, 1.165) is 24.8 Å². The maximum absolute atomic E-state index is 13.4. The van der Waals surface area contributed by atoms with Crippen molar-refractivity contribution in [1.82, 2.24) is 9.88 Å². The van der Waals surface area contributed by atoms with Crippen LogP contribution in [0.4, 0.5) is 0 Å². The van der Waals surface area contributed by atoms with Crippen LogP contribution in [0.25, 0.3) is 5.76 Å². The van der Waals surface area contributed by atoms with E-state index in [-0.39, 0.29) is 17.9 Å². The summed E-state index contributed by atoms with van der Waals surface area (Å²) in [5.74, 6) is 0.0609. The second-order valence-electron chi connectivity index (χ2n) is 9.27. The van der Waals surface area contributed by atoms with E-state index in [2.05, 4.69) is 11.9 Å². The molecule has 2 aromatic carbocycles. The van der Waals surface area contributed by atoms with E-state index in [9.17, 15) is 14.7 Å². The standard InChI is InChI=1S/C30H30N2O6/c1-2-3-4-14-36-23-10-7-21(8-11-23)27-26(28(33)22-9-12-24-25(17-22)38-16-15-37-24)29(34)30(35)32(27)19-20-6-5-13-31-18-20/h5-13,17-18,27,33H,2-4,14-16,19H2,1H3/b28-26-. The van der Waals surface area contributed by atoms with Crippen LogP contribution in [0.2, 0.25) is 0 Å². The summed E-state index contributed by atoms with van der Waals surface area (Å²) in [6, 6.07) is 15.1. The third-order valence-corrected chi connectivity index (χ3v) is 6.64. The van der Waals surface area contributed by atoms with E-state index in [4.69, 9.17) is 14.2 Å². The number of likely N-dealkylation sites (tertiary alicyclic amines) is 1. The van der Waals surface area contributed by atoms with Crippen LogP contribution in [-0.2, 0) is 16.1 Å². The summed E-state index contributed by atoms with van der Waals surface area (Å²) < 4.78 is 17.1. The van der Waals surface area contributed by atoms with Crippen LogP contribution in [0.3, 0.4) is 0 Å². The summed E-state index contributed by atoms with van der Waals surface area (Å²) in [6.07, 6.45) is 6.49. The van der Waals surface area contributed by atoms with Gasteiger partial charge in [0.1, 0.15) is 24.7 Å². The predicted molar refractivity (Wildman–Crippen MR) is 141 cm³/mol. The lowest BCUT2D eigenvalue weighted by molar-refractivity contribution is -0.140. The number of amides is 1. The van der Waals surface area contributed by atoms with Gasteiger partial charge in [-0.25, -0.2) is 0 Å². The van der Waals surface area contributed by atoms with Gasteiger partial charge in [0.2, 0.25) is 0 Å². The number of aliphatic hydroxyl groups is 1. The summed E-state index contributed by atoms with van der Waals surface area (Å²) in [4.78, 5) is 32.3. The van der Waals surface area contributed by atoms with Gasteiger partial charge in [0.05, 0.1) is 18.2 Å². The Bertz CT molecular complexity index is 1340. The first-order chi connectivity index (χ1) is 18.6. The second kappa shape index (κ2) is 11.4. The molecule has 8 nitrogen and oxygen atoms in total. The number of carbonyl (C=O) groups is 2. The minimum absolute atomic E-state index is 0.0205. The summed E-state index contributed by atoms with van der Waals surface area (Å²) in [6.45, 7) is 3.75. The second-order valence-corrected chi connectivity index (χ2v) is 9.27. The highest BCUT2D eigenvalue weighted by molar-refractivity contribution is 6.46. The Morgan fingerprint density at radius 1 is 1.05 bits per heavy atom. The number of hydrogen-bond donors (Lipinski definition) is 1. The topological polar surface area (TPSA) is 98.2 Å². The molecular formula is C30H30N2O6. The molecule has 1 saturated heterocycles. The first kappa shape index (κ1) is 25.3. The van der Waals surface area contributed by atoms with Gasteiger partial charge in [0.25, 0.3) is 11.7 Å². The summed E-state index contributed by atoms with van der Waals surface area (Å²) in [5.41, 5.74) is 1.85. The molecule has 1 amide bonds. The van der Waals surface area contributed by atoms with Gasteiger partial charge in [-0.1, -0.05) is 38.0 Å². The number of nitrogens with zero attached hydrogens (tertiary/aromatic N) is 2. The first-order valence-electron chi connectivity index (χ1n) is 12.9. The maximum atomic E-state index is 13.4. The third kappa shape index (κ3) is 5.20. The van der Waals surface area contributed by atoms with Crippen LogP contribution >= 0.6 is 0 Å². The average Bonchev–Trinajstić information content (AvgIpc) is 3.20. The Hall–Kier alpha value is -4.33. The van der Waals surface area contributed by atoms with Crippen LogP contribution in [0.1, 0.15) is 48.9 Å². The van der Waals surface area contributed by atoms with Crippen LogP contribution in [-0.4, -0.2) is 46.5 Å². The smallest absolute Gasteiger partial charge is 0.295 e. The zero-order valence-electron chi connectivity index (χ0n) is 21.3. The molecule has 38 heavy (non-hydrogen) atoms. The predicted octanol–water partition coefficient (Wildman–Crippen LogP) is 5.04. The highest BCUT2D eigenvalue weighted by atomic mass is 16.6. The molecule has 1 atom stereocenters. The monoisotopic (exact) mass is 514 g/mol. The van der Waals surface area contributed by atoms with E-state index >= 15 is 0 Å². The number of aromatic nitrogens is 1. The molecule has 1 unspecified atom stereocenters. The molecule has 3 aromatic rings. The largest absolute Gasteiger partial charge is 0.507 e. The van der Waals surface area contributed by atoms with Gasteiger partial charge in [0, 0.05) is 24.5 Å². The molecular weight excluding hydrogens is 484 g/mol. The van der Waals surface area contributed by atoms with Gasteiger partial charge in [-0.05, 0) is 53.9 Å². The van der Waals surface area contributed by atoms with Crippen molar-refractivity contribution >= 4 is 17.4 Å².